The third kappa shape index (κ3) is 2.39. The molecule has 0 saturated carbocycles. The van der Waals surface area contributed by atoms with E-state index < -0.39 is 0 Å². The predicted octanol–water partition coefficient (Wildman–Crippen LogP) is 4.00. The van der Waals surface area contributed by atoms with E-state index in [2.05, 4.69) is 52.7 Å². The standard InChI is InChI=1S/C19H22N2/c1-2-11-19-15(6-1)8-5-13-21(19)14-16-7-3-10-18-17(16)9-4-12-20-18/h1-3,6-7,10-11,20H,4-5,8-9,12-14H2. The number of nitrogens with zero attached hydrogens (tertiary/aromatic N) is 1. The van der Waals surface area contributed by atoms with Gasteiger partial charge in [-0.15, -0.1) is 0 Å². The van der Waals surface area contributed by atoms with Crippen molar-refractivity contribution in [3.8, 4) is 0 Å². The van der Waals surface area contributed by atoms with E-state index in [0.29, 0.717) is 0 Å². The predicted molar refractivity (Wildman–Crippen MR) is 89.1 cm³/mol. The summed E-state index contributed by atoms with van der Waals surface area (Å²) in [4.78, 5) is 2.56. The SMILES string of the molecule is c1ccc2c(c1)CCCN2Cc1cccc2c1CCCN2. The summed E-state index contributed by atoms with van der Waals surface area (Å²) in [5.74, 6) is 0. The van der Waals surface area contributed by atoms with Gasteiger partial charge in [-0.05, 0) is 54.5 Å². The van der Waals surface area contributed by atoms with Gasteiger partial charge in [0.15, 0.2) is 0 Å². The number of nitrogens with one attached hydrogen (secondary N) is 1. The second-order valence-corrected chi connectivity index (χ2v) is 6.13. The third-order valence-corrected chi connectivity index (χ3v) is 4.76. The largest absolute Gasteiger partial charge is 0.385 e. The number of hydrogen-bond acceptors (Lipinski definition) is 2. The summed E-state index contributed by atoms with van der Waals surface area (Å²) in [6.45, 7) is 3.33. The summed E-state index contributed by atoms with van der Waals surface area (Å²) >= 11 is 0. The minimum Gasteiger partial charge on any atom is -0.385 e. The van der Waals surface area contributed by atoms with Crippen LogP contribution in [0.3, 0.4) is 0 Å². The number of hydrogen-bond donors (Lipinski definition) is 1. The van der Waals surface area contributed by atoms with Crippen LogP contribution in [0.15, 0.2) is 42.5 Å². The normalized spacial score (nSPS) is 16.9. The van der Waals surface area contributed by atoms with Crippen LogP contribution in [0.5, 0.6) is 0 Å². The van der Waals surface area contributed by atoms with Crippen LogP contribution in [0.1, 0.15) is 29.5 Å². The topological polar surface area (TPSA) is 15.3 Å². The van der Waals surface area contributed by atoms with Crippen molar-refractivity contribution in [1.82, 2.24) is 0 Å². The van der Waals surface area contributed by atoms with Gasteiger partial charge < -0.3 is 10.2 Å². The Hall–Kier alpha value is -1.96. The molecule has 0 saturated heterocycles. The van der Waals surface area contributed by atoms with Crippen molar-refractivity contribution in [2.75, 3.05) is 23.3 Å². The Balaban J connectivity index is 1.66. The second kappa shape index (κ2) is 5.44. The van der Waals surface area contributed by atoms with Gasteiger partial charge in [0.2, 0.25) is 0 Å². The highest BCUT2D eigenvalue weighted by atomic mass is 15.1. The highest BCUT2D eigenvalue weighted by Crippen LogP contribution is 2.31. The Morgan fingerprint density at radius 1 is 0.952 bits per heavy atom. The maximum atomic E-state index is 3.54. The van der Waals surface area contributed by atoms with Gasteiger partial charge in [-0.3, -0.25) is 0 Å². The molecule has 2 aromatic rings. The molecule has 4 rings (SSSR count). The number of rotatable bonds is 2. The van der Waals surface area contributed by atoms with Crippen LogP contribution in [0.25, 0.3) is 0 Å². The van der Waals surface area contributed by atoms with E-state index in [4.69, 9.17) is 0 Å². The van der Waals surface area contributed by atoms with Crippen LogP contribution in [0, 0.1) is 0 Å². The Labute approximate surface area is 126 Å². The zero-order valence-electron chi connectivity index (χ0n) is 12.4. The monoisotopic (exact) mass is 278 g/mol. The van der Waals surface area contributed by atoms with Crippen LogP contribution >= 0.6 is 0 Å². The molecular weight excluding hydrogens is 256 g/mol. The second-order valence-electron chi connectivity index (χ2n) is 6.13. The van der Waals surface area contributed by atoms with E-state index in [1.807, 2.05) is 0 Å². The molecule has 0 aliphatic carbocycles. The molecule has 0 unspecified atom stereocenters. The van der Waals surface area contributed by atoms with Crippen LogP contribution < -0.4 is 10.2 Å². The molecule has 2 aromatic carbocycles. The first kappa shape index (κ1) is 12.8. The van der Waals surface area contributed by atoms with Gasteiger partial charge in [0.05, 0.1) is 0 Å². The Morgan fingerprint density at radius 2 is 1.90 bits per heavy atom. The highest BCUT2D eigenvalue weighted by Gasteiger charge is 2.19. The smallest absolute Gasteiger partial charge is 0.0433 e. The van der Waals surface area contributed by atoms with E-state index in [1.54, 1.807) is 0 Å². The molecule has 0 bridgehead atoms. The van der Waals surface area contributed by atoms with Gasteiger partial charge in [0.25, 0.3) is 0 Å². The quantitative estimate of drug-likeness (QED) is 0.893. The lowest BCUT2D eigenvalue weighted by Gasteiger charge is -2.32. The molecule has 21 heavy (non-hydrogen) atoms. The average molecular weight is 278 g/mol. The van der Waals surface area contributed by atoms with Crippen molar-refractivity contribution in [3.63, 3.8) is 0 Å². The number of anilines is 2. The van der Waals surface area contributed by atoms with Gasteiger partial charge in [0.1, 0.15) is 0 Å². The lowest BCUT2D eigenvalue weighted by Crippen LogP contribution is -2.29. The third-order valence-electron chi connectivity index (χ3n) is 4.76. The molecule has 0 spiro atoms. The molecule has 0 fully saturated rings. The van der Waals surface area contributed by atoms with Crippen molar-refractivity contribution in [1.29, 1.82) is 0 Å². The number of fused-ring (bicyclic) bond motifs is 2. The summed E-state index contributed by atoms with van der Waals surface area (Å²) in [6, 6.07) is 15.6. The van der Waals surface area contributed by atoms with Gasteiger partial charge in [-0.2, -0.15) is 0 Å². The first-order chi connectivity index (χ1) is 10.4. The van der Waals surface area contributed by atoms with Crippen molar-refractivity contribution < 1.29 is 0 Å². The molecule has 1 N–H and O–H groups in total. The van der Waals surface area contributed by atoms with Crippen LogP contribution in [-0.4, -0.2) is 13.1 Å². The minimum absolute atomic E-state index is 1.04. The van der Waals surface area contributed by atoms with E-state index in [1.165, 1.54) is 60.3 Å². The van der Waals surface area contributed by atoms with Gasteiger partial charge in [-0.25, -0.2) is 0 Å². The summed E-state index contributed by atoms with van der Waals surface area (Å²) in [5.41, 5.74) is 7.32. The Bertz CT molecular complexity index is 648. The van der Waals surface area contributed by atoms with E-state index in [0.717, 1.165) is 13.1 Å². The van der Waals surface area contributed by atoms with Gasteiger partial charge in [0, 0.05) is 31.0 Å². The fourth-order valence-corrected chi connectivity index (χ4v) is 3.71. The first-order valence-electron chi connectivity index (χ1n) is 8.09. The van der Waals surface area contributed by atoms with Crippen molar-refractivity contribution in [2.45, 2.75) is 32.2 Å². The zero-order valence-corrected chi connectivity index (χ0v) is 12.4. The molecule has 108 valence electrons. The molecule has 2 nitrogen and oxygen atoms in total. The molecule has 0 aromatic heterocycles. The van der Waals surface area contributed by atoms with Crippen LogP contribution in [0.2, 0.25) is 0 Å². The lowest BCUT2D eigenvalue weighted by atomic mass is 9.95. The van der Waals surface area contributed by atoms with Crippen molar-refractivity contribution in [2.24, 2.45) is 0 Å². The van der Waals surface area contributed by atoms with Crippen molar-refractivity contribution in [3.05, 3.63) is 59.2 Å². The van der Waals surface area contributed by atoms with Gasteiger partial charge >= 0.3 is 0 Å². The number of aryl methyl sites for hydroxylation is 1. The molecule has 2 heteroatoms. The van der Waals surface area contributed by atoms with Crippen LogP contribution in [-0.2, 0) is 19.4 Å². The Morgan fingerprint density at radius 3 is 2.90 bits per heavy atom. The zero-order chi connectivity index (χ0) is 14.1. The molecule has 0 amide bonds. The molecule has 0 atom stereocenters. The van der Waals surface area contributed by atoms with E-state index in [9.17, 15) is 0 Å². The van der Waals surface area contributed by atoms with Gasteiger partial charge in [-0.1, -0.05) is 30.3 Å². The number of para-hydroxylation sites is 1. The Kier molecular flexibility index (Phi) is 3.30. The maximum absolute atomic E-state index is 3.54. The fraction of sp³-hybridized carbons (Fsp3) is 0.368. The summed E-state index contributed by atoms with van der Waals surface area (Å²) in [7, 11) is 0. The lowest BCUT2D eigenvalue weighted by molar-refractivity contribution is 0.685. The highest BCUT2D eigenvalue weighted by molar-refractivity contribution is 5.59. The molecule has 2 aliphatic rings. The maximum Gasteiger partial charge on any atom is 0.0433 e. The molecular formula is C19H22N2. The molecule has 0 radical (unpaired) electrons. The van der Waals surface area contributed by atoms with Crippen molar-refractivity contribution >= 4 is 11.4 Å². The van der Waals surface area contributed by atoms with E-state index >= 15 is 0 Å². The van der Waals surface area contributed by atoms with Crippen LogP contribution in [0.4, 0.5) is 11.4 Å². The summed E-state index contributed by atoms with van der Waals surface area (Å²) in [5, 5.41) is 3.54. The summed E-state index contributed by atoms with van der Waals surface area (Å²) < 4.78 is 0. The number of benzene rings is 2. The average Bonchev–Trinajstić information content (AvgIpc) is 2.56. The minimum atomic E-state index is 1.04. The summed E-state index contributed by atoms with van der Waals surface area (Å²) in [6.07, 6.45) is 4.96. The molecule has 2 heterocycles. The first-order valence-corrected chi connectivity index (χ1v) is 8.09. The van der Waals surface area contributed by atoms with E-state index in [-0.39, 0.29) is 0 Å². The fourth-order valence-electron chi connectivity index (χ4n) is 3.71. The molecule has 2 aliphatic heterocycles.